The van der Waals surface area contributed by atoms with Crippen molar-refractivity contribution in [3.8, 4) is 5.75 Å². The fourth-order valence-corrected chi connectivity index (χ4v) is 2.54. The molecule has 10 heteroatoms. The van der Waals surface area contributed by atoms with Gasteiger partial charge in [-0.3, -0.25) is 19.7 Å². The van der Waals surface area contributed by atoms with Crippen molar-refractivity contribution in [1.82, 2.24) is 5.32 Å². The van der Waals surface area contributed by atoms with Gasteiger partial charge >= 0.3 is 5.97 Å². The molecule has 0 aliphatic heterocycles. The van der Waals surface area contributed by atoms with Crippen molar-refractivity contribution in [2.45, 2.75) is 32.6 Å². The molecule has 0 saturated carbocycles. The molecule has 0 radical (unpaired) electrons. The van der Waals surface area contributed by atoms with Crippen molar-refractivity contribution in [3.63, 3.8) is 0 Å². The molecule has 0 heterocycles. The summed E-state index contributed by atoms with van der Waals surface area (Å²) in [6.07, 6.45) is 2.77. The molecular weight excluding hydrogens is 399 g/mol. The number of carbonyl (C=O) groups excluding carboxylic acids is 1. The van der Waals surface area contributed by atoms with Crippen LogP contribution < -0.4 is 10.1 Å². The van der Waals surface area contributed by atoms with Gasteiger partial charge in [0.1, 0.15) is 17.3 Å². The van der Waals surface area contributed by atoms with Crippen LogP contribution in [0, 0.1) is 10.1 Å². The van der Waals surface area contributed by atoms with Crippen molar-refractivity contribution >= 4 is 41.2 Å². The van der Waals surface area contributed by atoms with Gasteiger partial charge in [0.15, 0.2) is 0 Å². The van der Waals surface area contributed by atoms with E-state index in [-0.39, 0.29) is 28.8 Å². The summed E-state index contributed by atoms with van der Waals surface area (Å²) < 4.78 is 5.48. The molecular formula is C17H20Cl2N2O6. The van der Waals surface area contributed by atoms with Crippen LogP contribution in [-0.2, 0) is 9.59 Å². The quantitative estimate of drug-likeness (QED) is 0.320. The van der Waals surface area contributed by atoms with Gasteiger partial charge < -0.3 is 15.2 Å². The molecule has 0 saturated heterocycles. The molecule has 148 valence electrons. The SMILES string of the molecule is CCC/C(=C\c1ccc(OCCCC(=O)NCC(=O)O)c(Cl)c1Cl)[N+](=O)[O-]. The van der Waals surface area contributed by atoms with Crippen LogP contribution in [0.1, 0.15) is 38.2 Å². The monoisotopic (exact) mass is 418 g/mol. The Labute approximate surface area is 166 Å². The van der Waals surface area contributed by atoms with Crippen LogP contribution in [0.2, 0.25) is 10.0 Å². The van der Waals surface area contributed by atoms with Gasteiger partial charge in [0.2, 0.25) is 11.6 Å². The van der Waals surface area contributed by atoms with Gasteiger partial charge in [0, 0.05) is 24.5 Å². The lowest BCUT2D eigenvalue weighted by atomic mass is 10.1. The highest BCUT2D eigenvalue weighted by atomic mass is 35.5. The number of ether oxygens (including phenoxy) is 1. The third-order valence-corrected chi connectivity index (χ3v) is 4.26. The Morgan fingerprint density at radius 2 is 2.00 bits per heavy atom. The number of aliphatic carboxylic acids is 1. The van der Waals surface area contributed by atoms with Crippen molar-refractivity contribution in [2.75, 3.05) is 13.2 Å². The number of halogens is 2. The minimum Gasteiger partial charge on any atom is -0.492 e. The topological polar surface area (TPSA) is 119 Å². The van der Waals surface area contributed by atoms with Crippen molar-refractivity contribution in [2.24, 2.45) is 0 Å². The van der Waals surface area contributed by atoms with E-state index in [1.807, 2.05) is 6.92 Å². The Morgan fingerprint density at radius 3 is 2.59 bits per heavy atom. The highest BCUT2D eigenvalue weighted by molar-refractivity contribution is 6.43. The second-order valence-electron chi connectivity index (χ2n) is 5.55. The van der Waals surface area contributed by atoms with Crippen LogP contribution in [0.15, 0.2) is 17.8 Å². The lowest BCUT2D eigenvalue weighted by Gasteiger charge is -2.10. The first-order valence-electron chi connectivity index (χ1n) is 8.20. The largest absolute Gasteiger partial charge is 0.492 e. The Kier molecular flexibility index (Phi) is 9.60. The average Bonchev–Trinajstić information content (AvgIpc) is 2.61. The maximum absolute atomic E-state index is 11.4. The predicted octanol–water partition coefficient (Wildman–Crippen LogP) is 3.77. The predicted molar refractivity (Wildman–Crippen MR) is 102 cm³/mol. The Bertz CT molecular complexity index is 736. The van der Waals surface area contributed by atoms with Crippen LogP contribution in [0.4, 0.5) is 0 Å². The molecule has 8 nitrogen and oxygen atoms in total. The fraction of sp³-hybridized carbons (Fsp3) is 0.412. The van der Waals surface area contributed by atoms with E-state index in [1.54, 1.807) is 12.1 Å². The first-order valence-corrected chi connectivity index (χ1v) is 8.96. The van der Waals surface area contributed by atoms with E-state index < -0.39 is 23.3 Å². The first kappa shape index (κ1) is 22.7. The lowest BCUT2D eigenvalue weighted by molar-refractivity contribution is -0.426. The molecule has 1 rings (SSSR count). The number of nitrogens with one attached hydrogen (secondary N) is 1. The number of nitro groups is 1. The average molecular weight is 419 g/mol. The third kappa shape index (κ3) is 7.84. The van der Waals surface area contributed by atoms with E-state index in [4.69, 9.17) is 33.0 Å². The highest BCUT2D eigenvalue weighted by Gasteiger charge is 2.15. The van der Waals surface area contributed by atoms with Crippen LogP contribution >= 0.6 is 23.2 Å². The van der Waals surface area contributed by atoms with Gasteiger partial charge in [-0.25, -0.2) is 0 Å². The maximum atomic E-state index is 11.4. The molecule has 0 aliphatic rings. The number of benzene rings is 1. The Balaban J connectivity index is 2.68. The number of amides is 1. The van der Waals surface area contributed by atoms with Gasteiger partial charge in [-0.05, 0) is 25.0 Å². The normalized spacial score (nSPS) is 11.1. The molecule has 2 N–H and O–H groups in total. The molecule has 1 aromatic carbocycles. The number of rotatable bonds is 11. The number of carboxylic acids is 1. The second kappa shape index (κ2) is 11.4. The van der Waals surface area contributed by atoms with E-state index in [0.29, 0.717) is 30.6 Å². The smallest absolute Gasteiger partial charge is 0.322 e. The van der Waals surface area contributed by atoms with Gasteiger partial charge in [0.05, 0.1) is 16.6 Å². The summed E-state index contributed by atoms with van der Waals surface area (Å²) >= 11 is 12.3. The molecule has 27 heavy (non-hydrogen) atoms. The molecule has 0 spiro atoms. The van der Waals surface area contributed by atoms with Crippen LogP contribution in [-0.4, -0.2) is 35.1 Å². The molecule has 0 bridgehead atoms. The number of allylic oxidation sites excluding steroid dienone is 1. The van der Waals surface area contributed by atoms with Gasteiger partial charge in [-0.2, -0.15) is 0 Å². The zero-order valence-corrected chi connectivity index (χ0v) is 16.2. The van der Waals surface area contributed by atoms with E-state index in [2.05, 4.69) is 5.32 Å². The zero-order chi connectivity index (χ0) is 20.4. The summed E-state index contributed by atoms with van der Waals surface area (Å²) in [5.41, 5.74) is 0.457. The number of carbonyl (C=O) groups is 2. The summed E-state index contributed by atoms with van der Waals surface area (Å²) in [6, 6.07) is 3.12. The molecule has 1 aromatic rings. The highest BCUT2D eigenvalue weighted by Crippen LogP contribution is 2.36. The fourth-order valence-electron chi connectivity index (χ4n) is 2.10. The van der Waals surface area contributed by atoms with E-state index in [9.17, 15) is 19.7 Å². The number of carboxylic acid groups (broad SMARTS) is 1. The van der Waals surface area contributed by atoms with Crippen LogP contribution in [0.5, 0.6) is 5.75 Å². The number of hydrogen-bond acceptors (Lipinski definition) is 5. The van der Waals surface area contributed by atoms with Crippen molar-refractivity contribution < 1.29 is 24.4 Å². The standard InChI is InChI=1S/C17H20Cl2N2O6/c1-2-4-12(21(25)26)9-11-6-7-13(17(19)16(11)18)27-8-3-5-14(22)20-10-15(23)24/h6-7,9H,2-5,8,10H2,1H3,(H,20,22)(H,23,24)/b12-9+. The van der Waals surface area contributed by atoms with E-state index >= 15 is 0 Å². The van der Waals surface area contributed by atoms with Crippen molar-refractivity contribution in [3.05, 3.63) is 43.6 Å². The molecule has 0 aliphatic carbocycles. The molecule has 0 aromatic heterocycles. The Hall–Kier alpha value is -2.32. The van der Waals surface area contributed by atoms with Crippen LogP contribution in [0.25, 0.3) is 6.08 Å². The molecule has 0 unspecified atom stereocenters. The van der Waals surface area contributed by atoms with Gasteiger partial charge in [0.25, 0.3) is 0 Å². The molecule has 0 fully saturated rings. The van der Waals surface area contributed by atoms with Crippen LogP contribution in [0.3, 0.4) is 0 Å². The minimum atomic E-state index is -1.12. The third-order valence-electron chi connectivity index (χ3n) is 3.38. The molecule has 0 atom stereocenters. The second-order valence-corrected chi connectivity index (χ2v) is 6.30. The number of hydrogen-bond donors (Lipinski definition) is 2. The summed E-state index contributed by atoms with van der Waals surface area (Å²) in [5, 5.41) is 22.0. The summed E-state index contributed by atoms with van der Waals surface area (Å²) in [5.74, 6) is -1.22. The van der Waals surface area contributed by atoms with Crippen molar-refractivity contribution in [1.29, 1.82) is 0 Å². The zero-order valence-electron chi connectivity index (χ0n) is 14.7. The minimum absolute atomic E-state index is 0.0384. The van der Waals surface area contributed by atoms with E-state index in [1.165, 1.54) is 6.08 Å². The summed E-state index contributed by atoms with van der Waals surface area (Å²) in [4.78, 5) is 32.3. The summed E-state index contributed by atoms with van der Waals surface area (Å²) in [7, 11) is 0. The van der Waals surface area contributed by atoms with E-state index in [0.717, 1.165) is 0 Å². The number of nitrogens with zero attached hydrogens (tertiary/aromatic N) is 1. The first-order chi connectivity index (χ1) is 12.8. The molecule has 1 amide bonds. The maximum Gasteiger partial charge on any atom is 0.322 e. The lowest BCUT2D eigenvalue weighted by Crippen LogP contribution is -2.29. The van der Waals surface area contributed by atoms with Gasteiger partial charge in [-0.1, -0.05) is 30.1 Å². The summed E-state index contributed by atoms with van der Waals surface area (Å²) in [6.45, 7) is 1.58. The van der Waals surface area contributed by atoms with Gasteiger partial charge in [-0.15, -0.1) is 0 Å². The Morgan fingerprint density at radius 1 is 1.30 bits per heavy atom.